The van der Waals surface area contributed by atoms with Crippen molar-refractivity contribution >= 4 is 15.9 Å². The van der Waals surface area contributed by atoms with Gasteiger partial charge in [0.25, 0.3) is 15.9 Å². The zero-order valence-electron chi connectivity index (χ0n) is 15.7. The minimum Gasteiger partial charge on any atom is -0.489 e. The van der Waals surface area contributed by atoms with Crippen molar-refractivity contribution < 1.29 is 35.5 Å². The number of benzene rings is 3. The van der Waals surface area contributed by atoms with Crippen molar-refractivity contribution in [2.24, 2.45) is 0 Å². The summed E-state index contributed by atoms with van der Waals surface area (Å²) >= 11 is 0. The van der Waals surface area contributed by atoms with Gasteiger partial charge in [0.1, 0.15) is 18.2 Å². The molecule has 0 saturated heterocycles. The second kappa shape index (κ2) is 8.76. The molecule has 0 spiro atoms. The molecule has 0 fully saturated rings. The van der Waals surface area contributed by atoms with Gasteiger partial charge in [-0.2, -0.15) is 13.2 Å². The molecule has 5 nitrogen and oxygen atoms in total. The van der Waals surface area contributed by atoms with Gasteiger partial charge in [-0.15, -0.1) is 0 Å². The monoisotopic (exact) mass is 453 g/mol. The van der Waals surface area contributed by atoms with E-state index in [2.05, 4.69) is 0 Å². The Labute approximate surface area is 175 Å². The van der Waals surface area contributed by atoms with Crippen LogP contribution in [0.25, 0.3) is 0 Å². The van der Waals surface area contributed by atoms with Crippen molar-refractivity contribution in [3.63, 3.8) is 0 Å². The average molecular weight is 453 g/mol. The Morgan fingerprint density at radius 1 is 0.935 bits per heavy atom. The number of ether oxygens (including phenoxy) is 1. The molecule has 10 heteroatoms. The van der Waals surface area contributed by atoms with Crippen LogP contribution in [0.15, 0.2) is 77.7 Å². The lowest BCUT2D eigenvalue weighted by atomic mass is 10.2. The van der Waals surface area contributed by atoms with E-state index in [-0.39, 0.29) is 12.2 Å². The molecular weight excluding hydrogens is 438 g/mol. The maximum absolute atomic E-state index is 13.2. The molecule has 1 amide bonds. The highest BCUT2D eigenvalue weighted by atomic mass is 32.2. The number of carbonyl (C=O) groups excluding carboxylic acids is 1. The van der Waals surface area contributed by atoms with E-state index in [4.69, 9.17) is 4.74 Å². The molecule has 0 aliphatic heterocycles. The third kappa shape index (κ3) is 5.60. The first-order valence-electron chi connectivity index (χ1n) is 8.77. The van der Waals surface area contributed by atoms with Crippen LogP contribution in [0.1, 0.15) is 21.5 Å². The highest BCUT2D eigenvalue weighted by Gasteiger charge is 2.37. The van der Waals surface area contributed by atoms with Gasteiger partial charge < -0.3 is 4.74 Å². The van der Waals surface area contributed by atoms with Crippen molar-refractivity contribution in [2.45, 2.75) is 17.7 Å². The van der Waals surface area contributed by atoms with Gasteiger partial charge in [-0.1, -0.05) is 24.3 Å². The van der Waals surface area contributed by atoms with Crippen LogP contribution in [0.4, 0.5) is 17.6 Å². The van der Waals surface area contributed by atoms with E-state index in [1.807, 2.05) is 0 Å². The Balaban J connectivity index is 1.71. The summed E-state index contributed by atoms with van der Waals surface area (Å²) in [6.07, 6.45) is -4.91. The molecule has 0 aromatic heterocycles. The highest BCUT2D eigenvalue weighted by molar-refractivity contribution is 7.90. The summed E-state index contributed by atoms with van der Waals surface area (Å²) in [5.74, 6) is -1.19. The lowest BCUT2D eigenvalue weighted by Gasteiger charge is -2.13. The molecule has 0 atom stereocenters. The fraction of sp³-hybridized carbons (Fsp3) is 0.0952. The molecule has 0 unspecified atom stereocenters. The Morgan fingerprint density at radius 2 is 1.61 bits per heavy atom. The normalized spacial score (nSPS) is 11.7. The second-order valence-electron chi connectivity index (χ2n) is 6.37. The number of rotatable bonds is 6. The molecule has 162 valence electrons. The minimum atomic E-state index is -4.91. The van der Waals surface area contributed by atoms with E-state index in [1.165, 1.54) is 42.5 Å². The summed E-state index contributed by atoms with van der Waals surface area (Å²) in [7, 11) is -4.77. The van der Waals surface area contributed by atoms with Crippen LogP contribution in [-0.2, 0) is 22.8 Å². The lowest BCUT2D eigenvalue weighted by Crippen LogP contribution is -2.32. The second-order valence-corrected chi connectivity index (χ2v) is 8.02. The van der Waals surface area contributed by atoms with E-state index in [9.17, 15) is 30.8 Å². The summed E-state index contributed by atoms with van der Waals surface area (Å²) < 4.78 is 84.2. The Morgan fingerprint density at radius 3 is 2.26 bits per heavy atom. The van der Waals surface area contributed by atoms with Gasteiger partial charge in [-0.25, -0.2) is 17.5 Å². The van der Waals surface area contributed by atoms with Crippen LogP contribution < -0.4 is 9.46 Å². The third-order valence-corrected chi connectivity index (χ3v) is 5.51. The number of hydrogen-bond donors (Lipinski definition) is 1. The van der Waals surface area contributed by atoms with Gasteiger partial charge in [0, 0.05) is 5.56 Å². The van der Waals surface area contributed by atoms with Crippen molar-refractivity contribution in [3.8, 4) is 5.75 Å². The van der Waals surface area contributed by atoms with Gasteiger partial charge >= 0.3 is 6.18 Å². The van der Waals surface area contributed by atoms with Crippen molar-refractivity contribution in [3.05, 3.63) is 95.3 Å². The van der Waals surface area contributed by atoms with E-state index in [1.54, 1.807) is 10.8 Å². The molecule has 0 bridgehead atoms. The molecule has 3 aromatic rings. The largest absolute Gasteiger partial charge is 0.489 e. The highest BCUT2D eigenvalue weighted by Crippen LogP contribution is 2.33. The number of sulfonamides is 1. The average Bonchev–Trinajstić information content (AvgIpc) is 2.72. The van der Waals surface area contributed by atoms with Gasteiger partial charge in [-0.05, 0) is 54.1 Å². The van der Waals surface area contributed by atoms with E-state index in [0.29, 0.717) is 17.4 Å². The molecule has 0 radical (unpaired) electrons. The molecule has 0 aliphatic carbocycles. The van der Waals surface area contributed by atoms with Gasteiger partial charge in [0.05, 0.1) is 10.5 Å². The zero-order chi connectivity index (χ0) is 22.6. The topological polar surface area (TPSA) is 72.5 Å². The first-order valence-corrected chi connectivity index (χ1v) is 10.3. The van der Waals surface area contributed by atoms with Gasteiger partial charge in [0.15, 0.2) is 0 Å². The van der Waals surface area contributed by atoms with E-state index >= 15 is 0 Å². The number of alkyl halides is 3. The summed E-state index contributed by atoms with van der Waals surface area (Å²) in [6, 6.07) is 14.6. The van der Waals surface area contributed by atoms with Crippen LogP contribution in [0.5, 0.6) is 5.75 Å². The predicted molar refractivity (Wildman–Crippen MR) is 103 cm³/mol. The van der Waals surface area contributed by atoms with Crippen LogP contribution in [0, 0.1) is 5.82 Å². The van der Waals surface area contributed by atoms with Crippen LogP contribution in [0.2, 0.25) is 0 Å². The van der Waals surface area contributed by atoms with E-state index in [0.717, 1.165) is 18.2 Å². The molecule has 3 rings (SSSR count). The molecular formula is C21H15F4NO4S. The summed E-state index contributed by atoms with van der Waals surface area (Å²) in [5, 5.41) is 0. The smallest absolute Gasteiger partial charge is 0.417 e. The molecule has 3 aromatic carbocycles. The molecule has 31 heavy (non-hydrogen) atoms. The number of carbonyl (C=O) groups is 1. The first kappa shape index (κ1) is 22.3. The quantitative estimate of drug-likeness (QED) is 0.557. The van der Waals surface area contributed by atoms with Crippen LogP contribution in [-0.4, -0.2) is 14.3 Å². The maximum atomic E-state index is 13.2. The van der Waals surface area contributed by atoms with Crippen LogP contribution >= 0.6 is 0 Å². The number of hydrogen-bond acceptors (Lipinski definition) is 4. The SMILES string of the molecule is O=C(NS(=O)(=O)c1ccccc1C(F)(F)F)c1ccc(OCc2cccc(F)c2)cc1. The van der Waals surface area contributed by atoms with Gasteiger partial charge in [0.2, 0.25) is 0 Å². The van der Waals surface area contributed by atoms with Crippen molar-refractivity contribution in [1.29, 1.82) is 0 Å². The third-order valence-electron chi connectivity index (χ3n) is 4.12. The van der Waals surface area contributed by atoms with Crippen molar-refractivity contribution in [1.82, 2.24) is 4.72 Å². The Bertz CT molecular complexity index is 1190. The molecule has 0 heterocycles. The summed E-state index contributed by atoms with van der Waals surface area (Å²) in [6.45, 7) is 0.0614. The molecule has 0 saturated carbocycles. The fourth-order valence-electron chi connectivity index (χ4n) is 2.67. The summed E-state index contributed by atoms with van der Waals surface area (Å²) in [4.78, 5) is 11.2. The number of halogens is 4. The van der Waals surface area contributed by atoms with Crippen LogP contribution in [0.3, 0.4) is 0 Å². The Hall–Kier alpha value is -3.40. The number of nitrogens with one attached hydrogen (secondary N) is 1. The zero-order valence-corrected chi connectivity index (χ0v) is 16.5. The van der Waals surface area contributed by atoms with Crippen molar-refractivity contribution in [2.75, 3.05) is 0 Å². The minimum absolute atomic E-state index is 0.0614. The first-order chi connectivity index (χ1) is 14.6. The maximum Gasteiger partial charge on any atom is 0.417 e. The van der Waals surface area contributed by atoms with Gasteiger partial charge in [-0.3, -0.25) is 4.79 Å². The molecule has 0 aliphatic rings. The summed E-state index contributed by atoms with van der Waals surface area (Å²) in [5.41, 5.74) is -0.904. The predicted octanol–water partition coefficient (Wildman–Crippen LogP) is 4.54. The van der Waals surface area contributed by atoms with E-state index < -0.39 is 38.4 Å². The lowest BCUT2D eigenvalue weighted by molar-refractivity contribution is -0.139. The fourth-order valence-corrected chi connectivity index (χ4v) is 3.87. The molecule has 1 N–H and O–H groups in total. The standard InChI is InChI=1S/C21H15F4NO4S/c22-16-5-3-4-14(12-16)13-30-17-10-8-15(9-11-17)20(27)26-31(28,29)19-7-2-1-6-18(19)21(23,24)25/h1-12H,13H2,(H,26,27). The number of amides is 1. The Kier molecular flexibility index (Phi) is 6.30.